The normalized spacial score (nSPS) is 12.9. The lowest BCUT2D eigenvalue weighted by Crippen LogP contribution is -2.31. The number of aryl methyl sites for hydroxylation is 1. The number of hydrogen-bond donors (Lipinski definition) is 2. The smallest absolute Gasteiger partial charge is 0.131 e. The molecule has 3 rings (SSSR count). The standard InChI is InChI=1S/C15H18N4S/c1-2-8-19-9-7-17-15(19)14(18-16)12-10-20-13-6-4-3-5-11(12)13/h3-7,9-10,14,18H,2,8,16H2,1H3. The summed E-state index contributed by atoms with van der Waals surface area (Å²) in [7, 11) is 0. The number of thiophene rings is 1. The molecule has 0 fully saturated rings. The van der Waals surface area contributed by atoms with Crippen molar-refractivity contribution < 1.29 is 0 Å². The molecule has 2 heterocycles. The SMILES string of the molecule is CCCn1ccnc1C(NN)c1csc2ccccc12. The first kappa shape index (κ1) is 13.3. The minimum absolute atomic E-state index is 0.0762. The summed E-state index contributed by atoms with van der Waals surface area (Å²) < 4.78 is 3.44. The van der Waals surface area contributed by atoms with Gasteiger partial charge in [-0.3, -0.25) is 5.84 Å². The fourth-order valence-electron chi connectivity index (χ4n) is 2.54. The monoisotopic (exact) mass is 286 g/mol. The number of benzene rings is 1. The molecule has 1 unspecified atom stereocenters. The van der Waals surface area contributed by atoms with Crippen molar-refractivity contribution in [3.8, 4) is 0 Å². The molecule has 1 atom stereocenters. The van der Waals surface area contributed by atoms with E-state index in [0.29, 0.717) is 0 Å². The van der Waals surface area contributed by atoms with Crippen molar-refractivity contribution in [1.82, 2.24) is 15.0 Å². The van der Waals surface area contributed by atoms with E-state index in [-0.39, 0.29) is 6.04 Å². The van der Waals surface area contributed by atoms with Gasteiger partial charge in [-0.05, 0) is 28.8 Å². The molecule has 1 aromatic carbocycles. The molecule has 0 bridgehead atoms. The zero-order chi connectivity index (χ0) is 13.9. The summed E-state index contributed by atoms with van der Waals surface area (Å²) in [5.74, 6) is 6.78. The molecule has 0 amide bonds. The predicted molar refractivity (Wildman–Crippen MR) is 83.5 cm³/mol. The van der Waals surface area contributed by atoms with Crippen LogP contribution in [0.2, 0.25) is 0 Å². The molecule has 104 valence electrons. The van der Waals surface area contributed by atoms with Gasteiger partial charge in [0.25, 0.3) is 0 Å². The Bertz CT molecular complexity index is 701. The van der Waals surface area contributed by atoms with Crippen LogP contribution >= 0.6 is 11.3 Å². The third-order valence-electron chi connectivity index (χ3n) is 3.46. The van der Waals surface area contributed by atoms with Crippen LogP contribution in [0.25, 0.3) is 10.1 Å². The molecule has 0 radical (unpaired) electrons. The Morgan fingerprint density at radius 2 is 2.25 bits per heavy atom. The summed E-state index contributed by atoms with van der Waals surface area (Å²) in [6.07, 6.45) is 4.92. The molecule has 20 heavy (non-hydrogen) atoms. The highest BCUT2D eigenvalue weighted by molar-refractivity contribution is 7.17. The Balaban J connectivity index is 2.07. The van der Waals surface area contributed by atoms with Crippen molar-refractivity contribution in [3.05, 3.63) is 53.4 Å². The number of aromatic nitrogens is 2. The fraction of sp³-hybridized carbons (Fsp3) is 0.267. The number of nitrogens with zero attached hydrogens (tertiary/aromatic N) is 2. The van der Waals surface area contributed by atoms with Gasteiger partial charge in [0, 0.05) is 23.6 Å². The maximum atomic E-state index is 5.81. The minimum atomic E-state index is -0.0762. The van der Waals surface area contributed by atoms with Gasteiger partial charge < -0.3 is 4.57 Å². The lowest BCUT2D eigenvalue weighted by molar-refractivity contribution is 0.548. The van der Waals surface area contributed by atoms with E-state index in [1.54, 1.807) is 11.3 Å². The van der Waals surface area contributed by atoms with Crippen LogP contribution in [0.5, 0.6) is 0 Å². The summed E-state index contributed by atoms with van der Waals surface area (Å²) >= 11 is 1.74. The molecule has 0 saturated heterocycles. The van der Waals surface area contributed by atoms with Gasteiger partial charge in [-0.15, -0.1) is 11.3 Å². The van der Waals surface area contributed by atoms with Crippen molar-refractivity contribution in [3.63, 3.8) is 0 Å². The summed E-state index contributed by atoms with van der Waals surface area (Å²) in [5.41, 5.74) is 4.11. The first-order chi connectivity index (χ1) is 9.85. The van der Waals surface area contributed by atoms with E-state index in [1.807, 2.05) is 12.4 Å². The third-order valence-corrected chi connectivity index (χ3v) is 4.44. The van der Waals surface area contributed by atoms with Gasteiger partial charge in [-0.2, -0.15) is 0 Å². The second kappa shape index (κ2) is 5.75. The van der Waals surface area contributed by atoms with Gasteiger partial charge in [0.15, 0.2) is 0 Å². The number of fused-ring (bicyclic) bond motifs is 1. The second-order valence-corrected chi connectivity index (χ2v) is 5.68. The molecule has 0 spiro atoms. The van der Waals surface area contributed by atoms with Crippen molar-refractivity contribution in [2.24, 2.45) is 5.84 Å². The molecular formula is C15H18N4S. The van der Waals surface area contributed by atoms with Gasteiger partial charge in [-0.25, -0.2) is 10.4 Å². The van der Waals surface area contributed by atoms with Crippen LogP contribution in [-0.4, -0.2) is 9.55 Å². The summed E-state index contributed by atoms with van der Waals surface area (Å²) in [6.45, 7) is 3.12. The predicted octanol–water partition coefficient (Wildman–Crippen LogP) is 3.06. The Kier molecular flexibility index (Phi) is 3.82. The number of hydrazine groups is 1. The molecule has 0 aliphatic rings. The molecule has 3 aromatic rings. The summed E-state index contributed by atoms with van der Waals surface area (Å²) in [5, 5.41) is 3.41. The Morgan fingerprint density at radius 1 is 1.40 bits per heavy atom. The van der Waals surface area contributed by atoms with Crippen LogP contribution in [0, 0.1) is 0 Å². The Hall–Kier alpha value is -1.69. The van der Waals surface area contributed by atoms with Gasteiger partial charge in [-0.1, -0.05) is 25.1 Å². The highest BCUT2D eigenvalue weighted by atomic mass is 32.1. The highest BCUT2D eigenvalue weighted by Gasteiger charge is 2.20. The number of nitrogens with two attached hydrogens (primary N) is 1. The van der Waals surface area contributed by atoms with Crippen LogP contribution < -0.4 is 11.3 Å². The zero-order valence-corrected chi connectivity index (χ0v) is 12.2. The van der Waals surface area contributed by atoms with E-state index in [9.17, 15) is 0 Å². The number of hydrogen-bond acceptors (Lipinski definition) is 4. The number of imidazole rings is 1. The first-order valence-corrected chi connectivity index (χ1v) is 7.66. The average Bonchev–Trinajstić information content (AvgIpc) is 3.09. The summed E-state index contributed by atoms with van der Waals surface area (Å²) in [6, 6.07) is 8.32. The largest absolute Gasteiger partial charge is 0.333 e. The lowest BCUT2D eigenvalue weighted by atomic mass is 10.1. The minimum Gasteiger partial charge on any atom is -0.333 e. The quantitative estimate of drug-likeness (QED) is 0.560. The first-order valence-electron chi connectivity index (χ1n) is 6.78. The van der Waals surface area contributed by atoms with Crippen molar-refractivity contribution in [1.29, 1.82) is 0 Å². The molecular weight excluding hydrogens is 268 g/mol. The van der Waals surface area contributed by atoms with E-state index >= 15 is 0 Å². The fourth-order valence-corrected chi connectivity index (χ4v) is 3.52. The van der Waals surface area contributed by atoms with Gasteiger partial charge >= 0.3 is 0 Å². The topological polar surface area (TPSA) is 55.9 Å². The molecule has 2 aromatic heterocycles. The Labute approximate surface area is 122 Å². The molecule has 4 nitrogen and oxygen atoms in total. The maximum absolute atomic E-state index is 5.81. The molecule has 3 N–H and O–H groups in total. The lowest BCUT2D eigenvalue weighted by Gasteiger charge is -2.17. The zero-order valence-electron chi connectivity index (χ0n) is 11.4. The molecule has 0 aliphatic heterocycles. The third kappa shape index (κ3) is 2.24. The van der Waals surface area contributed by atoms with Crippen LogP contribution in [0.15, 0.2) is 42.0 Å². The highest BCUT2D eigenvalue weighted by Crippen LogP contribution is 2.32. The van der Waals surface area contributed by atoms with Crippen LogP contribution in [0.3, 0.4) is 0 Å². The van der Waals surface area contributed by atoms with Gasteiger partial charge in [0.2, 0.25) is 0 Å². The number of rotatable bonds is 5. The van der Waals surface area contributed by atoms with Crippen molar-refractivity contribution in [2.45, 2.75) is 25.9 Å². The number of nitrogens with one attached hydrogen (secondary N) is 1. The van der Waals surface area contributed by atoms with E-state index in [2.05, 4.69) is 51.5 Å². The van der Waals surface area contributed by atoms with Crippen LogP contribution in [0.1, 0.15) is 30.8 Å². The van der Waals surface area contributed by atoms with E-state index in [0.717, 1.165) is 18.8 Å². The van der Waals surface area contributed by atoms with Crippen LogP contribution in [-0.2, 0) is 6.54 Å². The average molecular weight is 286 g/mol. The van der Waals surface area contributed by atoms with Gasteiger partial charge in [0.1, 0.15) is 11.9 Å². The van der Waals surface area contributed by atoms with Gasteiger partial charge in [0.05, 0.1) is 0 Å². The Morgan fingerprint density at radius 3 is 3.05 bits per heavy atom. The molecule has 0 saturated carbocycles. The van der Waals surface area contributed by atoms with E-state index in [4.69, 9.17) is 5.84 Å². The van der Waals surface area contributed by atoms with E-state index < -0.39 is 0 Å². The van der Waals surface area contributed by atoms with E-state index in [1.165, 1.54) is 15.6 Å². The van der Waals surface area contributed by atoms with Crippen LogP contribution in [0.4, 0.5) is 0 Å². The second-order valence-electron chi connectivity index (χ2n) is 4.77. The van der Waals surface area contributed by atoms with Crippen molar-refractivity contribution in [2.75, 3.05) is 0 Å². The summed E-state index contributed by atoms with van der Waals surface area (Å²) in [4.78, 5) is 4.49. The molecule has 5 heteroatoms. The maximum Gasteiger partial charge on any atom is 0.131 e. The molecule has 0 aliphatic carbocycles. The van der Waals surface area contributed by atoms with Crippen molar-refractivity contribution >= 4 is 21.4 Å².